The van der Waals surface area contributed by atoms with Crippen molar-refractivity contribution in [3.63, 3.8) is 0 Å². The second kappa shape index (κ2) is 3.34. The molecule has 0 saturated heterocycles. The topological polar surface area (TPSA) is 46.2 Å². The van der Waals surface area contributed by atoms with Crippen molar-refractivity contribution in [3.05, 3.63) is 0 Å². The molecule has 1 N–H and O–H groups in total. The molecule has 0 unspecified atom stereocenters. The normalized spacial score (nSPS) is 22.8. The molecule has 1 fully saturated rings. The molecule has 72 valence electrons. The van der Waals surface area contributed by atoms with Crippen LogP contribution < -0.4 is 5.32 Å². The average molecular weight is 191 g/mol. The minimum Gasteiger partial charge on any atom is -0.318 e. The lowest BCUT2D eigenvalue weighted by Gasteiger charge is -2.26. The van der Waals surface area contributed by atoms with Gasteiger partial charge < -0.3 is 5.32 Å². The van der Waals surface area contributed by atoms with E-state index in [-0.39, 0.29) is 0 Å². The second-order valence-corrected chi connectivity index (χ2v) is 6.10. The Kier molecular flexibility index (Phi) is 2.78. The summed E-state index contributed by atoms with van der Waals surface area (Å²) in [7, 11) is -1.08. The molecule has 0 aromatic rings. The molecule has 1 rings (SSSR count). The van der Waals surface area contributed by atoms with Crippen molar-refractivity contribution < 1.29 is 8.42 Å². The summed E-state index contributed by atoms with van der Waals surface area (Å²) >= 11 is 0. The van der Waals surface area contributed by atoms with Gasteiger partial charge >= 0.3 is 0 Å². The van der Waals surface area contributed by atoms with Crippen LogP contribution in [-0.4, -0.2) is 33.0 Å². The molecule has 4 heteroatoms. The Balaban J connectivity index is 2.87. The number of sulfone groups is 1. The molecule has 1 saturated carbocycles. The molecular weight excluding hydrogens is 174 g/mol. The smallest absolute Gasteiger partial charge is 0.154 e. The minimum absolute atomic E-state index is 0.457. The Bertz CT molecular complexity index is 240. The van der Waals surface area contributed by atoms with Crippen LogP contribution in [0.15, 0.2) is 0 Å². The van der Waals surface area contributed by atoms with Crippen molar-refractivity contribution >= 4 is 9.84 Å². The molecule has 0 aromatic heterocycles. The molecule has 0 radical (unpaired) electrons. The Morgan fingerprint density at radius 2 is 1.83 bits per heavy atom. The highest BCUT2D eigenvalue weighted by atomic mass is 32.2. The summed E-state index contributed by atoms with van der Waals surface area (Å²) in [6.45, 7) is 0.603. The fourth-order valence-electron chi connectivity index (χ4n) is 2.02. The minimum atomic E-state index is -2.89. The summed E-state index contributed by atoms with van der Waals surface area (Å²) in [6, 6.07) is 0. The number of rotatable bonds is 3. The third kappa shape index (κ3) is 1.64. The van der Waals surface area contributed by atoms with Gasteiger partial charge in [0.1, 0.15) is 0 Å². The van der Waals surface area contributed by atoms with Crippen LogP contribution in [0.1, 0.15) is 25.7 Å². The lowest BCUT2D eigenvalue weighted by Crippen LogP contribution is -2.43. The zero-order valence-corrected chi connectivity index (χ0v) is 8.58. The first-order valence-corrected chi connectivity index (χ1v) is 6.25. The van der Waals surface area contributed by atoms with E-state index in [0.717, 1.165) is 25.7 Å². The van der Waals surface area contributed by atoms with Gasteiger partial charge in [0.2, 0.25) is 0 Å². The van der Waals surface area contributed by atoms with Crippen LogP contribution in [0, 0.1) is 0 Å². The van der Waals surface area contributed by atoms with Crippen LogP contribution in [0.3, 0.4) is 0 Å². The summed E-state index contributed by atoms with van der Waals surface area (Å²) in [5, 5.41) is 2.98. The number of nitrogens with one attached hydrogen (secondary N) is 1. The zero-order valence-electron chi connectivity index (χ0n) is 7.76. The molecule has 1 aliphatic carbocycles. The SMILES string of the molecule is CNCC1(S(C)(=O)=O)CCCC1. The van der Waals surface area contributed by atoms with Crippen molar-refractivity contribution in [1.82, 2.24) is 5.32 Å². The van der Waals surface area contributed by atoms with Crippen LogP contribution in [0.25, 0.3) is 0 Å². The van der Waals surface area contributed by atoms with Gasteiger partial charge in [-0.15, -0.1) is 0 Å². The van der Waals surface area contributed by atoms with Gasteiger partial charge in [-0.25, -0.2) is 8.42 Å². The van der Waals surface area contributed by atoms with Gasteiger partial charge in [-0.2, -0.15) is 0 Å². The van der Waals surface area contributed by atoms with E-state index in [4.69, 9.17) is 0 Å². The van der Waals surface area contributed by atoms with Gasteiger partial charge in [-0.1, -0.05) is 12.8 Å². The van der Waals surface area contributed by atoms with E-state index in [0.29, 0.717) is 6.54 Å². The van der Waals surface area contributed by atoms with E-state index in [1.807, 2.05) is 7.05 Å². The Morgan fingerprint density at radius 3 is 2.17 bits per heavy atom. The third-order valence-corrected chi connectivity index (χ3v) is 4.93. The van der Waals surface area contributed by atoms with Crippen LogP contribution in [-0.2, 0) is 9.84 Å². The molecule has 0 aliphatic heterocycles. The lowest BCUT2D eigenvalue weighted by molar-refractivity contribution is 0.497. The van der Waals surface area contributed by atoms with E-state index in [9.17, 15) is 8.42 Å². The van der Waals surface area contributed by atoms with Gasteiger partial charge in [0.05, 0.1) is 4.75 Å². The average Bonchev–Trinajstić information content (AvgIpc) is 2.36. The Morgan fingerprint density at radius 1 is 1.33 bits per heavy atom. The quantitative estimate of drug-likeness (QED) is 0.709. The molecule has 0 heterocycles. The van der Waals surface area contributed by atoms with E-state index >= 15 is 0 Å². The maximum absolute atomic E-state index is 11.5. The summed E-state index contributed by atoms with van der Waals surface area (Å²) in [5.41, 5.74) is 0. The van der Waals surface area contributed by atoms with Gasteiger partial charge in [-0.3, -0.25) is 0 Å². The van der Waals surface area contributed by atoms with Gasteiger partial charge in [-0.05, 0) is 19.9 Å². The first-order chi connectivity index (χ1) is 5.52. The first kappa shape index (κ1) is 9.99. The summed E-state index contributed by atoms with van der Waals surface area (Å²) in [4.78, 5) is 0. The van der Waals surface area contributed by atoms with E-state index < -0.39 is 14.6 Å². The Hall–Kier alpha value is -0.0900. The van der Waals surface area contributed by atoms with Crippen molar-refractivity contribution in [3.8, 4) is 0 Å². The third-order valence-electron chi connectivity index (χ3n) is 2.80. The maximum Gasteiger partial charge on any atom is 0.154 e. The van der Waals surface area contributed by atoms with E-state index in [1.54, 1.807) is 0 Å². The van der Waals surface area contributed by atoms with Crippen LogP contribution in [0.4, 0.5) is 0 Å². The van der Waals surface area contributed by atoms with Gasteiger partial charge in [0, 0.05) is 12.8 Å². The number of hydrogen-bond acceptors (Lipinski definition) is 3. The zero-order chi connectivity index (χ0) is 9.24. The predicted molar refractivity (Wildman–Crippen MR) is 50.0 cm³/mol. The molecule has 12 heavy (non-hydrogen) atoms. The van der Waals surface area contributed by atoms with Gasteiger partial charge in [0.15, 0.2) is 9.84 Å². The summed E-state index contributed by atoms with van der Waals surface area (Å²) < 4.78 is 22.6. The van der Waals surface area contributed by atoms with Gasteiger partial charge in [0.25, 0.3) is 0 Å². The standard InChI is InChI=1S/C8H17NO2S/c1-9-7-8(12(2,10)11)5-3-4-6-8/h9H,3-7H2,1-2H3. The van der Waals surface area contributed by atoms with E-state index in [2.05, 4.69) is 5.32 Å². The van der Waals surface area contributed by atoms with E-state index in [1.165, 1.54) is 6.26 Å². The molecule has 1 aliphatic rings. The molecule has 0 amide bonds. The molecular formula is C8H17NO2S. The molecule has 0 atom stereocenters. The summed E-state index contributed by atoms with van der Waals surface area (Å²) in [6.07, 6.45) is 5.11. The summed E-state index contributed by atoms with van der Waals surface area (Å²) in [5.74, 6) is 0. The van der Waals surface area contributed by atoms with Crippen LogP contribution in [0.2, 0.25) is 0 Å². The lowest BCUT2D eigenvalue weighted by atomic mass is 10.1. The fraction of sp³-hybridized carbons (Fsp3) is 1.00. The monoisotopic (exact) mass is 191 g/mol. The Labute approximate surface area is 74.5 Å². The highest BCUT2D eigenvalue weighted by molar-refractivity contribution is 7.92. The fourth-order valence-corrected chi connectivity index (χ4v) is 3.46. The van der Waals surface area contributed by atoms with Crippen molar-refractivity contribution in [1.29, 1.82) is 0 Å². The molecule has 3 nitrogen and oxygen atoms in total. The largest absolute Gasteiger partial charge is 0.318 e. The molecule has 0 spiro atoms. The highest BCUT2D eigenvalue weighted by Gasteiger charge is 2.42. The first-order valence-electron chi connectivity index (χ1n) is 4.36. The van der Waals surface area contributed by atoms with Crippen LogP contribution in [0.5, 0.6) is 0 Å². The predicted octanol–water partition coefficient (Wildman–Crippen LogP) is 0.563. The number of hydrogen-bond donors (Lipinski definition) is 1. The van der Waals surface area contributed by atoms with Crippen molar-refractivity contribution in [2.75, 3.05) is 19.8 Å². The van der Waals surface area contributed by atoms with Crippen molar-refractivity contribution in [2.45, 2.75) is 30.4 Å². The molecule has 0 bridgehead atoms. The maximum atomic E-state index is 11.5. The molecule has 0 aromatic carbocycles. The second-order valence-electron chi connectivity index (χ2n) is 3.69. The highest BCUT2D eigenvalue weighted by Crippen LogP contribution is 2.35. The van der Waals surface area contributed by atoms with Crippen LogP contribution >= 0.6 is 0 Å². The van der Waals surface area contributed by atoms with Crippen molar-refractivity contribution in [2.24, 2.45) is 0 Å².